The Morgan fingerprint density at radius 2 is 2.46 bits per heavy atom. The number of nitrogens with one attached hydrogen (secondary N) is 1. The lowest BCUT2D eigenvalue weighted by atomic mass is 10.1. The molecule has 0 unspecified atom stereocenters. The standard InChI is InChI=1S/C9H16N2O2/c12-8-1-2-11(6-8)5-7-3-9(13)10-4-7/h7-8,12H,1-6H2,(H,10,13)/t7-,8+/m1/s1. The number of hydrogen-bond acceptors (Lipinski definition) is 3. The van der Waals surface area contributed by atoms with Crippen LogP contribution in [0.1, 0.15) is 12.8 Å². The minimum atomic E-state index is -0.148. The Labute approximate surface area is 77.9 Å². The Hall–Kier alpha value is -0.610. The van der Waals surface area contributed by atoms with Crippen LogP contribution in [0.2, 0.25) is 0 Å². The molecule has 2 heterocycles. The van der Waals surface area contributed by atoms with Gasteiger partial charge in [-0.1, -0.05) is 0 Å². The number of β-amino-alcohol motifs (C(OH)–C–C–N with tert-alkyl or cyclic N) is 1. The molecular weight excluding hydrogens is 168 g/mol. The minimum absolute atomic E-state index is 0.148. The van der Waals surface area contributed by atoms with Crippen LogP contribution >= 0.6 is 0 Å². The van der Waals surface area contributed by atoms with E-state index in [9.17, 15) is 9.90 Å². The first-order valence-corrected chi connectivity index (χ1v) is 4.91. The monoisotopic (exact) mass is 184 g/mol. The van der Waals surface area contributed by atoms with Gasteiger partial charge in [-0.2, -0.15) is 0 Å². The van der Waals surface area contributed by atoms with E-state index < -0.39 is 0 Å². The third-order valence-corrected chi connectivity index (χ3v) is 2.83. The van der Waals surface area contributed by atoms with Gasteiger partial charge in [-0.05, 0) is 12.3 Å². The zero-order valence-corrected chi connectivity index (χ0v) is 7.70. The number of carbonyl (C=O) groups is 1. The summed E-state index contributed by atoms with van der Waals surface area (Å²) in [6, 6.07) is 0. The van der Waals surface area contributed by atoms with Crippen LogP contribution in [0.4, 0.5) is 0 Å². The lowest BCUT2D eigenvalue weighted by Crippen LogP contribution is -2.29. The summed E-state index contributed by atoms with van der Waals surface area (Å²) in [4.78, 5) is 13.2. The molecular formula is C9H16N2O2. The molecule has 0 aliphatic carbocycles. The van der Waals surface area contributed by atoms with Crippen LogP contribution in [0, 0.1) is 5.92 Å². The van der Waals surface area contributed by atoms with E-state index in [-0.39, 0.29) is 12.0 Å². The highest BCUT2D eigenvalue weighted by molar-refractivity contribution is 5.78. The summed E-state index contributed by atoms with van der Waals surface area (Å²) in [5.41, 5.74) is 0. The molecule has 2 aliphatic heterocycles. The Morgan fingerprint density at radius 1 is 1.62 bits per heavy atom. The molecule has 0 bridgehead atoms. The topological polar surface area (TPSA) is 52.6 Å². The number of aliphatic hydroxyl groups excluding tert-OH is 1. The normalized spacial score (nSPS) is 35.3. The molecule has 1 amide bonds. The Kier molecular flexibility index (Phi) is 2.51. The lowest BCUT2D eigenvalue weighted by Gasteiger charge is -2.18. The van der Waals surface area contributed by atoms with E-state index in [0.29, 0.717) is 12.3 Å². The van der Waals surface area contributed by atoms with Crippen molar-refractivity contribution in [3.05, 3.63) is 0 Å². The van der Waals surface area contributed by atoms with Crippen molar-refractivity contribution in [2.45, 2.75) is 18.9 Å². The molecule has 2 N–H and O–H groups in total. The Bertz CT molecular complexity index is 208. The molecule has 0 aromatic rings. The number of aliphatic hydroxyl groups is 1. The molecule has 4 heteroatoms. The third-order valence-electron chi connectivity index (χ3n) is 2.83. The van der Waals surface area contributed by atoms with Crippen LogP contribution in [-0.2, 0) is 4.79 Å². The summed E-state index contributed by atoms with van der Waals surface area (Å²) in [5, 5.41) is 12.1. The molecule has 74 valence electrons. The second-order valence-corrected chi connectivity index (χ2v) is 4.08. The Balaban J connectivity index is 1.75. The summed E-state index contributed by atoms with van der Waals surface area (Å²) >= 11 is 0. The van der Waals surface area contributed by atoms with Crippen LogP contribution < -0.4 is 5.32 Å². The minimum Gasteiger partial charge on any atom is -0.392 e. The maximum absolute atomic E-state index is 10.9. The zero-order chi connectivity index (χ0) is 9.26. The summed E-state index contributed by atoms with van der Waals surface area (Å²) in [5.74, 6) is 0.627. The smallest absolute Gasteiger partial charge is 0.220 e. The van der Waals surface area contributed by atoms with Gasteiger partial charge in [0.1, 0.15) is 0 Å². The van der Waals surface area contributed by atoms with Gasteiger partial charge >= 0.3 is 0 Å². The van der Waals surface area contributed by atoms with E-state index in [1.54, 1.807) is 0 Å². The zero-order valence-electron chi connectivity index (χ0n) is 7.70. The van der Waals surface area contributed by atoms with Gasteiger partial charge in [0.15, 0.2) is 0 Å². The molecule has 2 atom stereocenters. The SMILES string of the molecule is O=C1C[C@@H](CN2CC[C@H](O)C2)CN1. The van der Waals surface area contributed by atoms with Crippen molar-refractivity contribution in [1.82, 2.24) is 10.2 Å². The van der Waals surface area contributed by atoms with Crippen LogP contribution in [0.3, 0.4) is 0 Å². The fraction of sp³-hybridized carbons (Fsp3) is 0.889. The first kappa shape index (κ1) is 8.97. The average molecular weight is 184 g/mol. The second-order valence-electron chi connectivity index (χ2n) is 4.08. The maximum Gasteiger partial charge on any atom is 0.220 e. The molecule has 0 aromatic heterocycles. The molecule has 0 radical (unpaired) electrons. The maximum atomic E-state index is 10.9. The van der Waals surface area contributed by atoms with Gasteiger partial charge in [-0.25, -0.2) is 0 Å². The first-order valence-electron chi connectivity index (χ1n) is 4.91. The highest BCUT2D eigenvalue weighted by Crippen LogP contribution is 2.15. The van der Waals surface area contributed by atoms with Gasteiger partial charge in [0.05, 0.1) is 6.10 Å². The van der Waals surface area contributed by atoms with Crippen molar-refractivity contribution < 1.29 is 9.90 Å². The van der Waals surface area contributed by atoms with Gasteiger partial charge in [-0.15, -0.1) is 0 Å². The highest BCUT2D eigenvalue weighted by atomic mass is 16.3. The van der Waals surface area contributed by atoms with Gasteiger partial charge in [0, 0.05) is 32.6 Å². The summed E-state index contributed by atoms with van der Waals surface area (Å²) in [7, 11) is 0. The van der Waals surface area contributed by atoms with E-state index in [4.69, 9.17) is 0 Å². The van der Waals surface area contributed by atoms with Crippen molar-refractivity contribution >= 4 is 5.91 Å². The highest BCUT2D eigenvalue weighted by Gasteiger charge is 2.27. The summed E-state index contributed by atoms with van der Waals surface area (Å²) < 4.78 is 0. The van der Waals surface area contributed by atoms with Gasteiger partial charge < -0.3 is 15.3 Å². The third kappa shape index (κ3) is 2.19. The van der Waals surface area contributed by atoms with Crippen LogP contribution in [-0.4, -0.2) is 48.2 Å². The number of hydrogen-bond donors (Lipinski definition) is 2. The molecule has 2 saturated heterocycles. The van der Waals surface area contributed by atoms with E-state index >= 15 is 0 Å². The number of carbonyl (C=O) groups excluding carboxylic acids is 1. The van der Waals surface area contributed by atoms with Crippen LogP contribution in [0.5, 0.6) is 0 Å². The molecule has 0 aromatic carbocycles. The van der Waals surface area contributed by atoms with Crippen molar-refractivity contribution in [2.24, 2.45) is 5.92 Å². The summed E-state index contributed by atoms with van der Waals surface area (Å²) in [6.07, 6.45) is 1.39. The van der Waals surface area contributed by atoms with Gasteiger partial charge in [-0.3, -0.25) is 4.79 Å². The molecule has 13 heavy (non-hydrogen) atoms. The van der Waals surface area contributed by atoms with Crippen molar-refractivity contribution in [2.75, 3.05) is 26.2 Å². The quantitative estimate of drug-likeness (QED) is 0.590. The number of rotatable bonds is 2. The van der Waals surface area contributed by atoms with Crippen LogP contribution in [0.25, 0.3) is 0 Å². The molecule has 2 aliphatic rings. The molecule has 2 fully saturated rings. The molecule has 4 nitrogen and oxygen atoms in total. The number of likely N-dealkylation sites (tertiary alicyclic amines) is 1. The lowest BCUT2D eigenvalue weighted by molar-refractivity contribution is -0.119. The van der Waals surface area contributed by atoms with E-state index in [0.717, 1.165) is 32.6 Å². The molecule has 0 spiro atoms. The number of nitrogens with zero attached hydrogens (tertiary/aromatic N) is 1. The number of amides is 1. The fourth-order valence-corrected chi connectivity index (χ4v) is 2.14. The predicted octanol–water partition coefficient (Wildman–Crippen LogP) is -0.811. The van der Waals surface area contributed by atoms with Crippen LogP contribution in [0.15, 0.2) is 0 Å². The van der Waals surface area contributed by atoms with Crippen molar-refractivity contribution in [3.8, 4) is 0 Å². The first-order chi connectivity index (χ1) is 6.24. The largest absolute Gasteiger partial charge is 0.392 e. The molecule has 0 saturated carbocycles. The van der Waals surface area contributed by atoms with Gasteiger partial charge in [0.25, 0.3) is 0 Å². The van der Waals surface area contributed by atoms with E-state index in [1.807, 2.05) is 0 Å². The summed E-state index contributed by atoms with van der Waals surface area (Å²) in [6.45, 7) is 3.53. The second kappa shape index (κ2) is 3.64. The van der Waals surface area contributed by atoms with Gasteiger partial charge in [0.2, 0.25) is 5.91 Å². The average Bonchev–Trinajstić information content (AvgIpc) is 2.62. The van der Waals surface area contributed by atoms with E-state index in [2.05, 4.69) is 10.2 Å². The van der Waals surface area contributed by atoms with Crippen molar-refractivity contribution in [1.29, 1.82) is 0 Å². The van der Waals surface area contributed by atoms with Crippen molar-refractivity contribution in [3.63, 3.8) is 0 Å². The Morgan fingerprint density at radius 3 is 3.00 bits per heavy atom. The fourth-order valence-electron chi connectivity index (χ4n) is 2.14. The predicted molar refractivity (Wildman–Crippen MR) is 48.2 cm³/mol. The molecule has 2 rings (SSSR count). The van der Waals surface area contributed by atoms with E-state index in [1.165, 1.54) is 0 Å².